The normalized spacial score (nSPS) is 10.2. The molecule has 0 aliphatic rings. The summed E-state index contributed by atoms with van der Waals surface area (Å²) in [4.78, 5) is 0. The van der Waals surface area contributed by atoms with Crippen LogP contribution in [0, 0.1) is 10.6 Å². The first-order valence-corrected chi connectivity index (χ1v) is 3.93. The molecule has 50 valence electrons. The summed E-state index contributed by atoms with van der Waals surface area (Å²) in [7, 11) is 1.88. The van der Waals surface area contributed by atoms with Gasteiger partial charge in [0, 0.05) is 7.05 Å². The van der Waals surface area contributed by atoms with Crippen LogP contribution in [0.3, 0.4) is 0 Å². The number of halogens is 2. The van der Waals surface area contributed by atoms with Gasteiger partial charge in [0.25, 0.3) is 0 Å². The molecule has 0 radical (unpaired) electrons. The van der Waals surface area contributed by atoms with Crippen LogP contribution in [-0.4, -0.2) is 9.78 Å². The van der Waals surface area contributed by atoms with Gasteiger partial charge in [-0.05, 0) is 29.5 Å². The van der Waals surface area contributed by atoms with Crippen LogP contribution in [0.4, 0.5) is 0 Å². The fourth-order valence-corrected chi connectivity index (χ4v) is 1.26. The van der Waals surface area contributed by atoms with E-state index in [1.807, 2.05) is 14.0 Å². The Morgan fingerprint density at radius 2 is 2.22 bits per heavy atom. The largest absolute Gasteiger partial charge is 0.261 e. The maximum absolute atomic E-state index is 5.81. The maximum atomic E-state index is 5.81. The molecule has 0 fully saturated rings. The highest BCUT2D eigenvalue weighted by Crippen LogP contribution is 2.20. The van der Waals surface area contributed by atoms with Crippen molar-refractivity contribution in [3.8, 4) is 0 Å². The molecule has 0 saturated heterocycles. The van der Waals surface area contributed by atoms with Gasteiger partial charge in [0.15, 0.2) is 0 Å². The highest BCUT2D eigenvalue weighted by Gasteiger charge is 2.05. The molecule has 2 nitrogen and oxygen atoms in total. The van der Waals surface area contributed by atoms with Gasteiger partial charge >= 0.3 is 0 Å². The first kappa shape index (κ1) is 7.34. The average Bonchev–Trinajstić information content (AvgIpc) is 1.98. The summed E-state index contributed by atoms with van der Waals surface area (Å²) in [5, 5.41) is 4.85. The average molecular weight is 256 g/mol. The Kier molecular flexibility index (Phi) is 2.00. The van der Waals surface area contributed by atoms with Gasteiger partial charge in [-0.3, -0.25) is 4.68 Å². The third-order valence-corrected chi connectivity index (χ3v) is 3.09. The van der Waals surface area contributed by atoms with E-state index in [1.165, 1.54) is 0 Å². The van der Waals surface area contributed by atoms with Crippen molar-refractivity contribution in [2.24, 2.45) is 7.05 Å². The summed E-state index contributed by atoms with van der Waals surface area (Å²) < 4.78 is 2.75. The molecule has 0 N–H and O–H groups in total. The quantitative estimate of drug-likeness (QED) is 0.649. The van der Waals surface area contributed by atoms with Gasteiger partial charge in [0.1, 0.15) is 3.70 Å². The smallest absolute Gasteiger partial charge is 0.117 e. The zero-order valence-corrected chi connectivity index (χ0v) is 8.06. The fourth-order valence-electron chi connectivity index (χ4n) is 0.604. The molecule has 0 aromatic carbocycles. The second kappa shape index (κ2) is 2.46. The van der Waals surface area contributed by atoms with E-state index < -0.39 is 0 Å². The molecule has 0 bridgehead atoms. The number of rotatable bonds is 0. The Morgan fingerprint density at radius 3 is 2.33 bits per heavy atom. The van der Waals surface area contributed by atoms with Gasteiger partial charge in [-0.1, -0.05) is 11.6 Å². The molecule has 0 amide bonds. The minimum Gasteiger partial charge on any atom is -0.261 e. The van der Waals surface area contributed by atoms with Gasteiger partial charge in [-0.2, -0.15) is 5.10 Å². The number of hydrogen-bond donors (Lipinski definition) is 0. The lowest BCUT2D eigenvalue weighted by molar-refractivity contribution is 0.738. The van der Waals surface area contributed by atoms with E-state index in [9.17, 15) is 0 Å². The molecular formula is C5H6ClIN2. The molecule has 1 heterocycles. The molecule has 0 aliphatic carbocycles. The molecule has 9 heavy (non-hydrogen) atoms. The molecule has 0 spiro atoms. The Bertz CT molecular complexity index is 209. The van der Waals surface area contributed by atoms with Crippen LogP contribution >= 0.6 is 34.2 Å². The van der Waals surface area contributed by atoms with Crippen LogP contribution in [0.1, 0.15) is 5.69 Å². The monoisotopic (exact) mass is 256 g/mol. The van der Waals surface area contributed by atoms with Gasteiger partial charge < -0.3 is 0 Å². The highest BCUT2D eigenvalue weighted by molar-refractivity contribution is 14.1. The van der Waals surface area contributed by atoms with E-state index in [0.29, 0.717) is 0 Å². The molecule has 0 atom stereocenters. The predicted molar refractivity (Wildman–Crippen MR) is 45.7 cm³/mol. The molecule has 1 aromatic heterocycles. The number of hydrogen-bond acceptors (Lipinski definition) is 1. The summed E-state index contributed by atoms with van der Waals surface area (Å²) in [6.45, 7) is 1.89. The lowest BCUT2D eigenvalue weighted by Crippen LogP contribution is -1.91. The summed E-state index contributed by atoms with van der Waals surface area (Å²) in [6.07, 6.45) is 0. The zero-order valence-electron chi connectivity index (χ0n) is 5.15. The van der Waals surface area contributed by atoms with Crippen LogP contribution in [0.5, 0.6) is 0 Å². The van der Waals surface area contributed by atoms with Crippen molar-refractivity contribution in [2.45, 2.75) is 6.92 Å². The van der Waals surface area contributed by atoms with E-state index in [-0.39, 0.29) is 0 Å². The van der Waals surface area contributed by atoms with Crippen molar-refractivity contribution >= 4 is 34.2 Å². The van der Waals surface area contributed by atoms with Crippen LogP contribution in [-0.2, 0) is 7.05 Å². The minimum atomic E-state index is 0.762. The second-order valence-corrected chi connectivity index (χ2v) is 3.21. The second-order valence-electron chi connectivity index (χ2n) is 1.81. The lowest BCUT2D eigenvalue weighted by atomic mass is 10.5. The zero-order chi connectivity index (χ0) is 7.02. The highest BCUT2D eigenvalue weighted by atomic mass is 127. The molecule has 1 rings (SSSR count). The lowest BCUT2D eigenvalue weighted by Gasteiger charge is -1.87. The first-order chi connectivity index (χ1) is 4.13. The summed E-state index contributed by atoms with van der Waals surface area (Å²) in [5.41, 5.74) is 0.892. The third kappa shape index (κ3) is 1.21. The van der Waals surface area contributed by atoms with Gasteiger partial charge in [-0.25, -0.2) is 0 Å². The maximum Gasteiger partial charge on any atom is 0.117 e. The van der Waals surface area contributed by atoms with Crippen LogP contribution in [0.2, 0.25) is 5.02 Å². The van der Waals surface area contributed by atoms with Crippen LogP contribution < -0.4 is 0 Å². The standard InChI is InChI=1S/C5H6ClIN2/c1-3-4(6)5(7)9(2)8-3/h1-2H3. The predicted octanol–water partition coefficient (Wildman–Crippen LogP) is 1.99. The molecule has 0 aliphatic heterocycles. The van der Waals surface area contributed by atoms with E-state index in [0.717, 1.165) is 14.4 Å². The first-order valence-electron chi connectivity index (χ1n) is 2.47. The van der Waals surface area contributed by atoms with Crippen molar-refractivity contribution in [3.05, 3.63) is 14.4 Å². The summed E-state index contributed by atoms with van der Waals surface area (Å²) >= 11 is 7.97. The molecule has 4 heteroatoms. The fraction of sp³-hybridized carbons (Fsp3) is 0.400. The van der Waals surface area contributed by atoms with Crippen molar-refractivity contribution < 1.29 is 0 Å². The molecule has 0 saturated carbocycles. The Hall–Kier alpha value is 0.230. The van der Waals surface area contributed by atoms with Crippen molar-refractivity contribution in [1.29, 1.82) is 0 Å². The SMILES string of the molecule is Cc1nn(C)c(I)c1Cl. The van der Waals surface area contributed by atoms with Gasteiger partial charge in [-0.15, -0.1) is 0 Å². The van der Waals surface area contributed by atoms with Gasteiger partial charge in [0.2, 0.25) is 0 Å². The number of nitrogens with zero attached hydrogens (tertiary/aromatic N) is 2. The van der Waals surface area contributed by atoms with Crippen LogP contribution in [0.25, 0.3) is 0 Å². The summed E-state index contributed by atoms with van der Waals surface area (Å²) in [6, 6.07) is 0. The Morgan fingerprint density at radius 1 is 1.67 bits per heavy atom. The van der Waals surface area contributed by atoms with Crippen molar-refractivity contribution in [3.63, 3.8) is 0 Å². The minimum absolute atomic E-state index is 0.762. The Labute approximate surface area is 72.3 Å². The number of aryl methyl sites for hydroxylation is 2. The number of aromatic nitrogens is 2. The van der Waals surface area contributed by atoms with Gasteiger partial charge in [0.05, 0.1) is 10.7 Å². The van der Waals surface area contributed by atoms with E-state index in [1.54, 1.807) is 4.68 Å². The Balaban J connectivity index is 3.29. The van der Waals surface area contributed by atoms with Crippen molar-refractivity contribution in [1.82, 2.24) is 9.78 Å². The third-order valence-electron chi connectivity index (χ3n) is 1.08. The molecule has 0 unspecified atom stereocenters. The molecule has 1 aromatic rings. The van der Waals surface area contributed by atoms with E-state index in [4.69, 9.17) is 11.6 Å². The molecular weight excluding hydrogens is 250 g/mol. The topological polar surface area (TPSA) is 17.8 Å². The van der Waals surface area contributed by atoms with E-state index in [2.05, 4.69) is 27.7 Å². The summed E-state index contributed by atoms with van der Waals surface area (Å²) in [5.74, 6) is 0. The van der Waals surface area contributed by atoms with Crippen LogP contribution in [0.15, 0.2) is 0 Å². The van der Waals surface area contributed by atoms with E-state index >= 15 is 0 Å². The van der Waals surface area contributed by atoms with Crippen molar-refractivity contribution in [2.75, 3.05) is 0 Å².